The van der Waals surface area contributed by atoms with Crippen LogP contribution in [0.4, 0.5) is 34.1 Å². The summed E-state index contributed by atoms with van der Waals surface area (Å²) in [5.41, 5.74) is 14.6. The molecular weight excluding hydrogens is 959 g/mol. The van der Waals surface area contributed by atoms with Gasteiger partial charge in [-0.25, -0.2) is 0 Å². The monoisotopic (exact) mass is 1010 g/mol. The van der Waals surface area contributed by atoms with Gasteiger partial charge in [0.1, 0.15) is 39.6 Å². The lowest BCUT2D eigenvalue weighted by Crippen LogP contribution is -2.11. The van der Waals surface area contributed by atoms with Gasteiger partial charge in [-0.2, -0.15) is 5.26 Å². The zero-order chi connectivity index (χ0) is 52.8. The predicted octanol–water partition coefficient (Wildman–Crippen LogP) is 21.0. The van der Waals surface area contributed by atoms with Crippen LogP contribution in [0.3, 0.4) is 0 Å². The molecule has 0 amide bonds. The molecule has 0 saturated carbocycles. The fraction of sp³-hybridized carbons (Fsp3) is 0.113. The molecule has 4 aromatic heterocycles. The van der Waals surface area contributed by atoms with Gasteiger partial charge in [-0.15, -0.1) is 0 Å². The molecule has 0 saturated heterocycles. The molecule has 0 aliphatic rings. The third kappa shape index (κ3) is 6.89. The molecule has 15 aromatic rings. The Morgan fingerprint density at radius 2 is 0.744 bits per heavy atom. The van der Waals surface area contributed by atoms with Crippen LogP contribution in [0.2, 0.25) is 0 Å². The molecule has 0 spiro atoms. The van der Waals surface area contributed by atoms with Crippen molar-refractivity contribution in [1.82, 2.24) is 0 Å². The Bertz CT molecular complexity index is 4710. The Hall–Kier alpha value is -9.77. The number of anilines is 6. The molecule has 374 valence electrons. The van der Waals surface area contributed by atoms with Crippen LogP contribution in [0.15, 0.2) is 218 Å². The largest absolute Gasteiger partial charge is 0.456 e. The summed E-state index contributed by atoms with van der Waals surface area (Å²) in [4.78, 5) is 4.54. The fourth-order valence-corrected chi connectivity index (χ4v) is 12.2. The van der Waals surface area contributed by atoms with Gasteiger partial charge in [-0.1, -0.05) is 151 Å². The molecule has 7 heteroatoms. The van der Waals surface area contributed by atoms with Crippen LogP contribution in [0.1, 0.15) is 58.2 Å². The molecule has 0 bridgehead atoms. The van der Waals surface area contributed by atoms with Crippen LogP contribution in [-0.2, 0) is 10.8 Å². The highest BCUT2D eigenvalue weighted by atomic mass is 16.3. The number of benzene rings is 11. The summed E-state index contributed by atoms with van der Waals surface area (Å²) >= 11 is 0. The first kappa shape index (κ1) is 45.6. The number of rotatable bonds is 6. The quantitative estimate of drug-likeness (QED) is 0.164. The van der Waals surface area contributed by atoms with Gasteiger partial charge >= 0.3 is 0 Å². The van der Waals surface area contributed by atoms with Crippen molar-refractivity contribution in [2.24, 2.45) is 0 Å². The number of furan rings is 4. The first-order valence-electron chi connectivity index (χ1n) is 26.6. The molecule has 15 rings (SSSR count). The topological polar surface area (TPSA) is 82.8 Å². The maximum Gasteiger partial charge on any atom is 0.159 e. The Kier molecular flexibility index (Phi) is 9.71. The summed E-state index contributed by atoms with van der Waals surface area (Å²) in [6, 6.07) is 72.7. The second-order valence-corrected chi connectivity index (χ2v) is 22.8. The smallest absolute Gasteiger partial charge is 0.159 e. The van der Waals surface area contributed by atoms with Gasteiger partial charge in [0.2, 0.25) is 0 Å². The third-order valence-corrected chi connectivity index (χ3v) is 15.8. The number of nitrogens with zero attached hydrogens (tertiary/aromatic N) is 3. The highest BCUT2D eigenvalue weighted by Gasteiger charge is 2.27. The molecule has 0 fully saturated rings. The van der Waals surface area contributed by atoms with Crippen molar-refractivity contribution in [3.8, 4) is 6.07 Å². The van der Waals surface area contributed by atoms with Crippen molar-refractivity contribution < 1.29 is 17.7 Å². The molecule has 0 aliphatic heterocycles. The molecule has 4 heterocycles. The fourth-order valence-electron chi connectivity index (χ4n) is 12.2. The second kappa shape index (κ2) is 16.6. The lowest BCUT2D eigenvalue weighted by Gasteiger charge is -2.25. The summed E-state index contributed by atoms with van der Waals surface area (Å²) in [5, 5.41) is 22.8. The highest BCUT2D eigenvalue weighted by molar-refractivity contribution is 6.22. The molecule has 78 heavy (non-hydrogen) atoms. The first-order valence-corrected chi connectivity index (χ1v) is 26.6. The Balaban J connectivity index is 0.849. The molecule has 0 aliphatic carbocycles. The lowest BCUT2D eigenvalue weighted by atomic mass is 9.86. The van der Waals surface area contributed by atoms with E-state index in [1.165, 1.54) is 11.1 Å². The van der Waals surface area contributed by atoms with Crippen LogP contribution >= 0.6 is 0 Å². The average molecular weight is 1010 g/mol. The summed E-state index contributed by atoms with van der Waals surface area (Å²) in [7, 11) is 0. The SMILES string of the molecule is CC(C)(C)c1cccc2c1oc1c(N(c3ccccc3)c3ccc4cc5c(cc4c3)oc3cc4oc6cc7cc(N(c8ccccc8)c8cccc9c8oc8c(C(C)(C)C)cccc89)ccc7cc6c4c(C#N)c35)cccc12. The standard InChI is InChI=1S/C71H51N3O4/c1-70(2,3)56-25-13-21-49-51-23-15-27-58(68(51)77-66(49)56)73(45-17-9-7-10-18-45)47-31-29-41-35-53-60(37-43(41)33-47)75-62-39-63-65(55(40-72)64(53)62)54-36-42-30-32-48(34-44(42)38-61(54)76-63)74(46-19-11-8-12-20-46)59-28-16-24-52-50-22-14-26-57(71(4,5)6)67(50)78-69(52)59/h7-39H,1-6H3. The van der Waals surface area contributed by atoms with Crippen molar-refractivity contribution in [3.63, 3.8) is 0 Å². The van der Waals surface area contributed by atoms with Gasteiger partial charge in [-0.3, -0.25) is 0 Å². The number of para-hydroxylation sites is 6. The zero-order valence-corrected chi connectivity index (χ0v) is 44.0. The normalized spacial score (nSPS) is 12.5. The van der Waals surface area contributed by atoms with Gasteiger partial charge in [-0.05, 0) is 117 Å². The van der Waals surface area contributed by atoms with Gasteiger partial charge in [0.25, 0.3) is 0 Å². The van der Waals surface area contributed by atoms with E-state index in [1.54, 1.807) is 0 Å². The maximum absolute atomic E-state index is 11.1. The summed E-state index contributed by atoms with van der Waals surface area (Å²) in [6.45, 7) is 13.4. The van der Waals surface area contributed by atoms with Gasteiger partial charge in [0, 0.05) is 83.0 Å². The van der Waals surface area contributed by atoms with Crippen LogP contribution in [0.5, 0.6) is 0 Å². The number of hydrogen-bond donors (Lipinski definition) is 0. The predicted molar refractivity (Wildman–Crippen MR) is 322 cm³/mol. The van der Waals surface area contributed by atoms with Crippen LogP contribution in [0, 0.1) is 11.3 Å². The van der Waals surface area contributed by atoms with E-state index in [2.05, 4.69) is 239 Å². The van der Waals surface area contributed by atoms with E-state index in [-0.39, 0.29) is 10.8 Å². The van der Waals surface area contributed by atoms with E-state index in [9.17, 15) is 5.26 Å². The van der Waals surface area contributed by atoms with E-state index in [1.807, 2.05) is 18.2 Å². The molecule has 7 nitrogen and oxygen atoms in total. The van der Waals surface area contributed by atoms with Gasteiger partial charge in [0.05, 0.1) is 16.9 Å². The van der Waals surface area contributed by atoms with E-state index >= 15 is 0 Å². The minimum absolute atomic E-state index is 0.0986. The van der Waals surface area contributed by atoms with Gasteiger partial charge < -0.3 is 27.5 Å². The maximum atomic E-state index is 11.1. The number of nitriles is 1. The van der Waals surface area contributed by atoms with E-state index in [0.717, 1.165) is 121 Å². The highest BCUT2D eigenvalue weighted by Crippen LogP contribution is 2.49. The van der Waals surface area contributed by atoms with Crippen LogP contribution < -0.4 is 9.80 Å². The number of hydrogen-bond acceptors (Lipinski definition) is 7. The van der Waals surface area contributed by atoms with Crippen molar-refractivity contribution in [2.75, 3.05) is 9.80 Å². The molecule has 0 unspecified atom stereocenters. The van der Waals surface area contributed by atoms with E-state index < -0.39 is 0 Å². The molecule has 0 N–H and O–H groups in total. The molecular formula is C71H51N3O4. The van der Waals surface area contributed by atoms with E-state index in [4.69, 9.17) is 17.7 Å². The van der Waals surface area contributed by atoms with E-state index in [0.29, 0.717) is 27.9 Å². The third-order valence-electron chi connectivity index (χ3n) is 15.8. The summed E-state index contributed by atoms with van der Waals surface area (Å²) < 4.78 is 27.3. The van der Waals surface area contributed by atoms with Crippen LogP contribution in [0.25, 0.3) is 109 Å². The Morgan fingerprint density at radius 1 is 0.333 bits per heavy atom. The van der Waals surface area contributed by atoms with Crippen molar-refractivity contribution in [2.45, 2.75) is 52.4 Å². The Labute approximate surface area is 449 Å². The van der Waals surface area contributed by atoms with Crippen molar-refractivity contribution in [1.29, 1.82) is 5.26 Å². The molecule has 0 atom stereocenters. The van der Waals surface area contributed by atoms with Crippen molar-refractivity contribution in [3.05, 3.63) is 217 Å². The first-order chi connectivity index (χ1) is 37.9. The van der Waals surface area contributed by atoms with Gasteiger partial charge in [0.15, 0.2) is 11.2 Å². The molecule has 0 radical (unpaired) electrons. The summed E-state index contributed by atoms with van der Waals surface area (Å²) in [5.74, 6) is 0. The minimum atomic E-state index is -0.0986. The number of fused-ring (bicyclic) bond motifs is 14. The second-order valence-electron chi connectivity index (χ2n) is 22.8. The molecule has 11 aromatic carbocycles. The average Bonchev–Trinajstić information content (AvgIpc) is 4.38. The lowest BCUT2D eigenvalue weighted by molar-refractivity contribution is 0.572. The van der Waals surface area contributed by atoms with Crippen LogP contribution in [-0.4, -0.2) is 0 Å². The zero-order valence-electron chi connectivity index (χ0n) is 44.0. The Morgan fingerprint density at radius 3 is 1.15 bits per heavy atom. The summed E-state index contributed by atoms with van der Waals surface area (Å²) in [6.07, 6.45) is 0. The van der Waals surface area contributed by atoms with Crippen molar-refractivity contribution >= 4 is 143 Å². The minimum Gasteiger partial charge on any atom is -0.456 e.